The molecule has 1 aromatic heterocycles. The van der Waals surface area contributed by atoms with Gasteiger partial charge in [-0.1, -0.05) is 0 Å². The smallest absolute Gasteiger partial charge is 0.429 e. The van der Waals surface area contributed by atoms with Crippen LogP contribution in [-0.2, 0) is 7.05 Å². The zero-order valence-corrected chi connectivity index (χ0v) is 7.98. The molecule has 0 aromatic carbocycles. The Balaban J connectivity index is 0.00000169. The summed E-state index contributed by atoms with van der Waals surface area (Å²) in [5, 5.41) is 0. The normalized spacial score (nSPS) is 13.2. The summed E-state index contributed by atoms with van der Waals surface area (Å²) >= 11 is 0. The molecule has 0 amide bonds. The van der Waals surface area contributed by atoms with E-state index < -0.39 is 18.0 Å². The van der Waals surface area contributed by atoms with E-state index in [2.05, 4.69) is 0 Å². The maximum atomic E-state index is 12.8. The molecule has 0 saturated heterocycles. The van der Waals surface area contributed by atoms with Crippen molar-refractivity contribution in [3.63, 3.8) is 0 Å². The predicted octanol–water partition coefficient (Wildman–Crippen LogP) is -0.912. The van der Waals surface area contributed by atoms with Crippen LogP contribution in [0, 0.1) is 0 Å². The minimum Gasteiger partial charge on any atom is -1.00 e. The molecule has 1 unspecified atom stereocenters. The summed E-state index contributed by atoms with van der Waals surface area (Å²) in [6.07, 6.45) is -6.38. The molecule has 1 atom stereocenters. The number of pyridine rings is 1. The molecular weight excluding hydrogens is 222 g/mol. The molecule has 1 rings (SSSR count). The van der Waals surface area contributed by atoms with Gasteiger partial charge in [0.2, 0.25) is 5.69 Å². The van der Waals surface area contributed by atoms with E-state index in [1.807, 2.05) is 0 Å². The van der Waals surface area contributed by atoms with Gasteiger partial charge in [0.05, 0.1) is 0 Å². The van der Waals surface area contributed by atoms with Gasteiger partial charge >= 0.3 is 6.18 Å². The maximum Gasteiger partial charge on any atom is 0.429 e. The lowest BCUT2D eigenvalue weighted by Gasteiger charge is -2.09. The van der Waals surface area contributed by atoms with Crippen LogP contribution in [0.4, 0.5) is 17.6 Å². The van der Waals surface area contributed by atoms with E-state index in [4.69, 9.17) is 0 Å². The molecular formula is C8H8ClF4N. The van der Waals surface area contributed by atoms with Crippen LogP contribution in [0.3, 0.4) is 0 Å². The molecule has 0 aliphatic heterocycles. The average molecular weight is 230 g/mol. The summed E-state index contributed by atoms with van der Waals surface area (Å²) < 4.78 is 49.6. The summed E-state index contributed by atoms with van der Waals surface area (Å²) in [6.45, 7) is 0. The lowest BCUT2D eigenvalue weighted by molar-refractivity contribution is -0.684. The number of nitrogens with zero attached hydrogens (tertiary/aromatic N) is 1. The first kappa shape index (κ1) is 13.2. The molecule has 80 valence electrons. The molecule has 0 aliphatic rings. The average Bonchev–Trinajstić information content (AvgIpc) is 2.02. The molecule has 0 N–H and O–H groups in total. The molecule has 0 spiro atoms. The second-order valence-electron chi connectivity index (χ2n) is 2.64. The van der Waals surface area contributed by atoms with Gasteiger partial charge in [-0.05, 0) is 6.07 Å². The molecule has 6 heteroatoms. The summed E-state index contributed by atoms with van der Waals surface area (Å²) in [7, 11) is 1.37. The van der Waals surface area contributed by atoms with Crippen LogP contribution in [0.15, 0.2) is 24.4 Å². The third-order valence-electron chi connectivity index (χ3n) is 1.64. The quantitative estimate of drug-likeness (QED) is 0.434. The predicted molar refractivity (Wildman–Crippen MR) is 37.5 cm³/mol. The number of rotatable bonds is 1. The Morgan fingerprint density at radius 3 is 2.29 bits per heavy atom. The number of hydrogen-bond donors (Lipinski definition) is 0. The summed E-state index contributed by atoms with van der Waals surface area (Å²) in [4.78, 5) is 0. The standard InChI is InChI=1S/C8H8F4N.ClH/c1-13-5-3-2-4-6(13)7(9)8(10,11)12;/h2-5,7H,1H3;1H/q+1;/p-1. The zero-order valence-electron chi connectivity index (χ0n) is 7.22. The van der Waals surface area contributed by atoms with Gasteiger partial charge < -0.3 is 12.4 Å². The van der Waals surface area contributed by atoms with Crippen molar-refractivity contribution in [1.82, 2.24) is 0 Å². The van der Waals surface area contributed by atoms with Gasteiger partial charge in [-0.2, -0.15) is 13.2 Å². The fraction of sp³-hybridized carbons (Fsp3) is 0.375. The van der Waals surface area contributed by atoms with Gasteiger partial charge in [-0.3, -0.25) is 0 Å². The van der Waals surface area contributed by atoms with Crippen LogP contribution in [0.25, 0.3) is 0 Å². The Morgan fingerprint density at radius 2 is 1.86 bits per heavy atom. The molecule has 1 nitrogen and oxygen atoms in total. The summed E-state index contributed by atoms with van der Waals surface area (Å²) in [5.41, 5.74) is -0.394. The summed E-state index contributed by atoms with van der Waals surface area (Å²) in [6, 6.07) is 4.01. The van der Waals surface area contributed by atoms with Crippen LogP contribution in [0.2, 0.25) is 0 Å². The van der Waals surface area contributed by atoms with Crippen molar-refractivity contribution in [2.24, 2.45) is 7.05 Å². The van der Waals surface area contributed by atoms with Crippen molar-refractivity contribution < 1.29 is 34.5 Å². The number of alkyl halides is 4. The van der Waals surface area contributed by atoms with Crippen LogP contribution >= 0.6 is 0 Å². The van der Waals surface area contributed by atoms with Crippen molar-refractivity contribution in [2.45, 2.75) is 12.3 Å². The molecule has 0 radical (unpaired) electrons. The van der Waals surface area contributed by atoms with E-state index in [-0.39, 0.29) is 12.4 Å². The molecule has 0 aliphatic carbocycles. The topological polar surface area (TPSA) is 3.88 Å². The SMILES string of the molecule is C[n+]1ccccc1C(F)C(F)(F)F.[Cl-]. The van der Waals surface area contributed by atoms with Gasteiger partial charge in [0.1, 0.15) is 7.05 Å². The Morgan fingerprint density at radius 1 is 1.29 bits per heavy atom. The number of aryl methyl sites for hydroxylation is 1. The highest BCUT2D eigenvalue weighted by molar-refractivity contribution is 5.02. The fourth-order valence-corrected chi connectivity index (χ4v) is 0.968. The Bertz CT molecular complexity index is 300. The van der Waals surface area contributed by atoms with Crippen molar-refractivity contribution in [3.05, 3.63) is 30.1 Å². The monoisotopic (exact) mass is 229 g/mol. The third-order valence-corrected chi connectivity index (χ3v) is 1.64. The third kappa shape index (κ3) is 2.83. The number of halogens is 5. The first-order valence-electron chi connectivity index (χ1n) is 3.58. The van der Waals surface area contributed by atoms with Gasteiger partial charge in [0.25, 0.3) is 6.17 Å². The van der Waals surface area contributed by atoms with Gasteiger partial charge in [0, 0.05) is 12.1 Å². The Kier molecular flexibility index (Phi) is 4.32. The highest BCUT2D eigenvalue weighted by atomic mass is 35.5. The molecule has 0 saturated carbocycles. The van der Waals surface area contributed by atoms with E-state index in [1.54, 1.807) is 0 Å². The van der Waals surface area contributed by atoms with Gasteiger partial charge in [0.15, 0.2) is 6.20 Å². The fourth-order valence-electron chi connectivity index (χ4n) is 0.968. The highest BCUT2D eigenvalue weighted by Gasteiger charge is 2.45. The molecule has 1 heterocycles. The van der Waals surface area contributed by atoms with Crippen LogP contribution in [0.1, 0.15) is 11.9 Å². The Labute approximate surface area is 84.8 Å². The Hall–Kier alpha value is -0.840. The lowest BCUT2D eigenvalue weighted by Crippen LogP contribution is -3.00. The molecule has 0 bridgehead atoms. The van der Waals surface area contributed by atoms with E-state index in [9.17, 15) is 17.6 Å². The second kappa shape index (κ2) is 4.59. The minimum atomic E-state index is -4.83. The van der Waals surface area contributed by atoms with Crippen molar-refractivity contribution in [2.75, 3.05) is 0 Å². The minimum absolute atomic E-state index is 0. The van der Waals surface area contributed by atoms with E-state index in [1.165, 1.54) is 25.4 Å². The zero-order chi connectivity index (χ0) is 10.1. The van der Waals surface area contributed by atoms with Crippen molar-refractivity contribution in [3.8, 4) is 0 Å². The first-order valence-corrected chi connectivity index (χ1v) is 3.58. The van der Waals surface area contributed by atoms with Crippen molar-refractivity contribution >= 4 is 0 Å². The largest absolute Gasteiger partial charge is 1.00 e. The van der Waals surface area contributed by atoms with Crippen LogP contribution < -0.4 is 17.0 Å². The molecule has 14 heavy (non-hydrogen) atoms. The lowest BCUT2D eigenvalue weighted by atomic mass is 10.2. The molecule has 0 fully saturated rings. The van der Waals surface area contributed by atoms with E-state index in [0.717, 1.165) is 10.6 Å². The maximum absolute atomic E-state index is 12.8. The summed E-state index contributed by atoms with van der Waals surface area (Å²) in [5.74, 6) is 0. The first-order chi connectivity index (χ1) is 5.93. The van der Waals surface area contributed by atoms with Gasteiger partial charge in [-0.15, -0.1) is 0 Å². The highest BCUT2D eigenvalue weighted by Crippen LogP contribution is 2.33. The van der Waals surface area contributed by atoms with Gasteiger partial charge in [-0.25, -0.2) is 8.96 Å². The molecule has 1 aromatic rings. The number of aromatic nitrogens is 1. The van der Waals surface area contributed by atoms with Crippen molar-refractivity contribution in [1.29, 1.82) is 0 Å². The second-order valence-corrected chi connectivity index (χ2v) is 2.64. The van der Waals surface area contributed by atoms with E-state index >= 15 is 0 Å². The van der Waals surface area contributed by atoms with Crippen LogP contribution in [0.5, 0.6) is 0 Å². The number of hydrogen-bond acceptors (Lipinski definition) is 0. The van der Waals surface area contributed by atoms with Crippen LogP contribution in [-0.4, -0.2) is 6.18 Å². The van der Waals surface area contributed by atoms with E-state index in [0.29, 0.717) is 0 Å².